The summed E-state index contributed by atoms with van der Waals surface area (Å²) in [4.78, 5) is 23.6. The van der Waals surface area contributed by atoms with Crippen molar-refractivity contribution < 1.29 is 27.1 Å². The second kappa shape index (κ2) is 8.00. The number of ketones is 1. The Labute approximate surface area is 144 Å². The maximum absolute atomic E-state index is 12.9. The van der Waals surface area contributed by atoms with Crippen LogP contribution in [0.1, 0.15) is 17.3 Å². The molecule has 0 radical (unpaired) electrons. The molecule has 2 aromatic carbocycles. The summed E-state index contributed by atoms with van der Waals surface area (Å²) < 4.78 is 44.0. The molecule has 0 saturated carbocycles. The van der Waals surface area contributed by atoms with Crippen LogP contribution >= 0.6 is 0 Å². The van der Waals surface area contributed by atoms with Gasteiger partial charge in [-0.1, -0.05) is 30.3 Å². The Morgan fingerprint density at radius 1 is 1.08 bits per heavy atom. The first-order valence-corrected chi connectivity index (χ1v) is 8.81. The zero-order chi connectivity index (χ0) is 18.4. The van der Waals surface area contributed by atoms with Crippen molar-refractivity contribution in [3.63, 3.8) is 0 Å². The van der Waals surface area contributed by atoms with Crippen molar-refractivity contribution in [2.75, 3.05) is 6.61 Å². The minimum Gasteiger partial charge on any atom is -0.456 e. The number of nitrogens with one attached hydrogen (secondary N) is 1. The quantitative estimate of drug-likeness (QED) is 0.598. The SMILES string of the molecule is C[C@H](NS(=O)(=O)c1ccc(F)cc1)C(=O)OCC(=O)c1ccccc1. The number of benzene rings is 2. The van der Waals surface area contributed by atoms with Crippen molar-refractivity contribution in [2.45, 2.75) is 17.9 Å². The van der Waals surface area contributed by atoms with E-state index in [9.17, 15) is 22.4 Å². The van der Waals surface area contributed by atoms with E-state index >= 15 is 0 Å². The summed E-state index contributed by atoms with van der Waals surface area (Å²) in [5.74, 6) is -1.87. The Hall–Kier alpha value is -2.58. The lowest BCUT2D eigenvalue weighted by atomic mass is 10.1. The van der Waals surface area contributed by atoms with Gasteiger partial charge in [0, 0.05) is 5.56 Å². The fourth-order valence-electron chi connectivity index (χ4n) is 1.93. The van der Waals surface area contributed by atoms with Crippen molar-refractivity contribution in [1.82, 2.24) is 4.72 Å². The Bertz CT molecular complexity index is 850. The van der Waals surface area contributed by atoms with Gasteiger partial charge in [-0.05, 0) is 31.2 Å². The summed E-state index contributed by atoms with van der Waals surface area (Å²) in [6, 6.07) is 11.2. The number of sulfonamides is 1. The molecule has 132 valence electrons. The molecule has 0 unspecified atom stereocenters. The number of hydrogen-bond donors (Lipinski definition) is 1. The van der Waals surface area contributed by atoms with Crippen LogP contribution in [0.5, 0.6) is 0 Å². The predicted molar refractivity (Wildman–Crippen MR) is 87.9 cm³/mol. The molecule has 0 aliphatic rings. The number of esters is 1. The van der Waals surface area contributed by atoms with Gasteiger partial charge >= 0.3 is 5.97 Å². The van der Waals surface area contributed by atoms with E-state index < -0.39 is 40.2 Å². The van der Waals surface area contributed by atoms with Crippen LogP contribution in [0.15, 0.2) is 59.5 Å². The van der Waals surface area contributed by atoms with Crippen molar-refractivity contribution in [2.24, 2.45) is 0 Å². The summed E-state index contributed by atoms with van der Waals surface area (Å²) >= 11 is 0. The highest BCUT2D eigenvalue weighted by atomic mass is 32.2. The molecule has 0 bridgehead atoms. The maximum Gasteiger partial charge on any atom is 0.324 e. The number of ether oxygens (including phenoxy) is 1. The Balaban J connectivity index is 1.93. The van der Waals surface area contributed by atoms with E-state index in [2.05, 4.69) is 4.72 Å². The summed E-state index contributed by atoms with van der Waals surface area (Å²) in [7, 11) is -4.01. The molecule has 8 heteroatoms. The van der Waals surface area contributed by atoms with Crippen LogP contribution in [0, 0.1) is 5.82 Å². The van der Waals surface area contributed by atoms with Crippen LogP contribution in [-0.4, -0.2) is 32.8 Å². The van der Waals surface area contributed by atoms with Crippen molar-refractivity contribution in [3.8, 4) is 0 Å². The van der Waals surface area contributed by atoms with Gasteiger partial charge < -0.3 is 4.74 Å². The summed E-state index contributed by atoms with van der Waals surface area (Å²) in [6.07, 6.45) is 0. The Kier molecular flexibility index (Phi) is 6.00. The van der Waals surface area contributed by atoms with Gasteiger partial charge in [0.1, 0.15) is 11.9 Å². The molecule has 0 fully saturated rings. The molecule has 0 aromatic heterocycles. The third-order valence-corrected chi connectivity index (χ3v) is 4.81. The molecule has 0 aliphatic heterocycles. The highest BCUT2D eigenvalue weighted by molar-refractivity contribution is 7.89. The third kappa shape index (κ3) is 5.20. The largest absolute Gasteiger partial charge is 0.456 e. The van der Waals surface area contributed by atoms with Crippen LogP contribution in [-0.2, 0) is 19.6 Å². The van der Waals surface area contributed by atoms with Crippen LogP contribution in [0.3, 0.4) is 0 Å². The molecule has 0 amide bonds. The van der Waals surface area contributed by atoms with Gasteiger partial charge in [-0.25, -0.2) is 12.8 Å². The maximum atomic E-state index is 12.9. The molecule has 0 aliphatic carbocycles. The molecule has 6 nitrogen and oxygen atoms in total. The van der Waals surface area contributed by atoms with E-state index in [1.807, 2.05) is 0 Å². The van der Waals surface area contributed by atoms with Gasteiger partial charge in [0.2, 0.25) is 10.0 Å². The Morgan fingerprint density at radius 2 is 1.68 bits per heavy atom. The van der Waals surface area contributed by atoms with E-state index in [1.165, 1.54) is 6.92 Å². The fourth-order valence-corrected chi connectivity index (χ4v) is 3.12. The average molecular weight is 365 g/mol. The smallest absolute Gasteiger partial charge is 0.324 e. The highest BCUT2D eigenvalue weighted by Gasteiger charge is 2.23. The monoisotopic (exact) mass is 365 g/mol. The molecule has 0 saturated heterocycles. The Morgan fingerprint density at radius 3 is 2.28 bits per heavy atom. The molecule has 1 atom stereocenters. The third-order valence-electron chi connectivity index (χ3n) is 3.25. The van der Waals surface area contributed by atoms with E-state index in [4.69, 9.17) is 4.74 Å². The molecule has 2 aromatic rings. The van der Waals surface area contributed by atoms with Gasteiger partial charge in [-0.15, -0.1) is 0 Å². The summed E-state index contributed by atoms with van der Waals surface area (Å²) in [6.45, 7) is 0.794. The number of carbonyl (C=O) groups is 2. The van der Waals surface area contributed by atoms with E-state index in [-0.39, 0.29) is 4.90 Å². The lowest BCUT2D eigenvalue weighted by molar-refractivity contribution is -0.144. The van der Waals surface area contributed by atoms with Crippen molar-refractivity contribution in [1.29, 1.82) is 0 Å². The van der Waals surface area contributed by atoms with Gasteiger partial charge in [0.25, 0.3) is 0 Å². The topological polar surface area (TPSA) is 89.5 Å². The number of halogens is 1. The second-order valence-corrected chi connectivity index (χ2v) is 6.91. The minimum atomic E-state index is -4.01. The van der Waals surface area contributed by atoms with Crippen LogP contribution < -0.4 is 4.72 Å². The normalized spacial score (nSPS) is 12.4. The minimum absolute atomic E-state index is 0.186. The first-order valence-electron chi connectivity index (χ1n) is 7.32. The summed E-state index contributed by atoms with van der Waals surface area (Å²) in [5.41, 5.74) is 0.384. The van der Waals surface area contributed by atoms with Gasteiger partial charge in [0.05, 0.1) is 4.90 Å². The van der Waals surface area contributed by atoms with Crippen LogP contribution in [0.4, 0.5) is 4.39 Å². The van der Waals surface area contributed by atoms with Gasteiger partial charge in [0.15, 0.2) is 12.4 Å². The highest BCUT2D eigenvalue weighted by Crippen LogP contribution is 2.10. The number of Topliss-reactive ketones (excluding diaryl/α,β-unsaturated/α-hetero) is 1. The molecule has 25 heavy (non-hydrogen) atoms. The second-order valence-electron chi connectivity index (χ2n) is 5.19. The lowest BCUT2D eigenvalue weighted by Crippen LogP contribution is -2.40. The van der Waals surface area contributed by atoms with Gasteiger partial charge in [-0.2, -0.15) is 4.72 Å². The molecular formula is C17H16FNO5S. The van der Waals surface area contributed by atoms with E-state index in [0.29, 0.717) is 5.56 Å². The van der Waals surface area contributed by atoms with E-state index in [0.717, 1.165) is 24.3 Å². The zero-order valence-electron chi connectivity index (χ0n) is 13.3. The first-order chi connectivity index (χ1) is 11.8. The van der Waals surface area contributed by atoms with Crippen molar-refractivity contribution in [3.05, 3.63) is 66.0 Å². The number of hydrogen-bond acceptors (Lipinski definition) is 5. The standard InChI is InChI=1S/C17H16FNO5S/c1-12(19-25(22,23)15-9-7-14(18)8-10-15)17(21)24-11-16(20)13-5-3-2-4-6-13/h2-10,12,19H,11H2,1H3/t12-/m0/s1. The molecule has 2 rings (SSSR count). The van der Waals surface area contributed by atoms with Crippen LogP contribution in [0.2, 0.25) is 0 Å². The fraction of sp³-hybridized carbons (Fsp3) is 0.176. The number of rotatable bonds is 7. The molecule has 0 heterocycles. The molecule has 1 N–H and O–H groups in total. The van der Waals surface area contributed by atoms with Crippen molar-refractivity contribution >= 4 is 21.8 Å². The first kappa shape index (κ1) is 18.8. The number of carbonyl (C=O) groups excluding carboxylic acids is 2. The average Bonchev–Trinajstić information content (AvgIpc) is 2.60. The van der Waals surface area contributed by atoms with Gasteiger partial charge in [-0.3, -0.25) is 9.59 Å². The molecular weight excluding hydrogens is 349 g/mol. The zero-order valence-corrected chi connectivity index (χ0v) is 14.1. The predicted octanol–water partition coefficient (Wildman–Crippen LogP) is 1.92. The summed E-state index contributed by atoms with van der Waals surface area (Å²) in [5, 5.41) is 0. The lowest BCUT2D eigenvalue weighted by Gasteiger charge is -2.13. The van der Waals surface area contributed by atoms with Crippen LogP contribution in [0.25, 0.3) is 0 Å². The molecule has 0 spiro atoms. The van der Waals surface area contributed by atoms with E-state index in [1.54, 1.807) is 30.3 Å².